The molecule has 5 amide bonds. The van der Waals surface area contributed by atoms with Crippen LogP contribution in [0.1, 0.15) is 55.2 Å². The highest BCUT2D eigenvalue weighted by Gasteiger charge is 2.36. The molecule has 11 heteroatoms. The van der Waals surface area contributed by atoms with Gasteiger partial charge in [0, 0.05) is 55.3 Å². The molecule has 9 nitrogen and oxygen atoms in total. The lowest BCUT2D eigenvalue weighted by Gasteiger charge is -2.41. The predicted octanol–water partition coefficient (Wildman–Crippen LogP) is 6.12. The van der Waals surface area contributed by atoms with Gasteiger partial charge in [0.2, 0.25) is 5.91 Å². The number of carbonyl (C=O) groups excluding carboxylic acids is 3. The largest absolute Gasteiger partial charge is 0.341 e. The van der Waals surface area contributed by atoms with Gasteiger partial charge < -0.3 is 30.2 Å². The zero-order valence-electron chi connectivity index (χ0n) is 26.9. The number of likely N-dealkylation sites (tertiary alicyclic amines) is 3. The Kier molecular flexibility index (Phi) is 10.4. The first kappa shape index (κ1) is 33.1. The number of aryl methyl sites for hydroxylation is 1. The number of halogens is 2. The predicted molar refractivity (Wildman–Crippen MR) is 185 cm³/mol. The second kappa shape index (κ2) is 14.5. The highest BCUT2D eigenvalue weighted by atomic mass is 79.9. The van der Waals surface area contributed by atoms with E-state index in [0.29, 0.717) is 49.8 Å². The number of hydrogen-bond acceptors (Lipinski definition) is 4. The van der Waals surface area contributed by atoms with Gasteiger partial charge >= 0.3 is 12.1 Å². The Morgan fingerprint density at radius 3 is 2.26 bits per heavy atom. The van der Waals surface area contributed by atoms with Crippen LogP contribution in [0, 0.1) is 18.8 Å². The van der Waals surface area contributed by atoms with E-state index in [4.69, 9.17) is 11.6 Å². The molecule has 0 saturated carbocycles. The van der Waals surface area contributed by atoms with Gasteiger partial charge in [0.05, 0.1) is 5.02 Å². The maximum absolute atomic E-state index is 14.1. The van der Waals surface area contributed by atoms with E-state index in [1.54, 1.807) is 4.90 Å². The highest BCUT2D eigenvalue weighted by Crippen LogP contribution is 2.33. The minimum Gasteiger partial charge on any atom is -0.341 e. The molecule has 0 radical (unpaired) electrons. The summed E-state index contributed by atoms with van der Waals surface area (Å²) in [5.41, 5.74) is 3.84. The molecule has 0 spiro atoms. The van der Waals surface area contributed by atoms with Crippen molar-refractivity contribution in [2.24, 2.45) is 11.8 Å². The number of nitrogens with one attached hydrogen (secondary N) is 2. The molecule has 3 saturated heterocycles. The second-order valence-electron chi connectivity index (χ2n) is 13.7. The molecule has 0 aliphatic carbocycles. The molecule has 248 valence electrons. The number of nitrogens with zero attached hydrogens (tertiary/aromatic N) is 4. The summed E-state index contributed by atoms with van der Waals surface area (Å²) in [6.07, 6.45) is 6.30. The summed E-state index contributed by atoms with van der Waals surface area (Å²) in [5.74, 6) is 1.39. The first-order valence-electron chi connectivity index (χ1n) is 16.8. The van der Waals surface area contributed by atoms with Gasteiger partial charge in [-0.15, -0.1) is 0 Å². The van der Waals surface area contributed by atoms with Gasteiger partial charge in [0.25, 0.3) is 0 Å². The van der Waals surface area contributed by atoms with Crippen molar-refractivity contribution in [2.45, 2.75) is 70.5 Å². The summed E-state index contributed by atoms with van der Waals surface area (Å²) in [4.78, 5) is 48.7. The fraction of sp³-hybridized carbons (Fsp3) is 0.571. The van der Waals surface area contributed by atoms with Gasteiger partial charge in [0.15, 0.2) is 0 Å². The first-order valence-corrected chi connectivity index (χ1v) is 18.0. The van der Waals surface area contributed by atoms with Crippen LogP contribution in [0.5, 0.6) is 0 Å². The van der Waals surface area contributed by atoms with Crippen molar-refractivity contribution >= 4 is 51.2 Å². The molecular weight excluding hydrogens is 668 g/mol. The monoisotopic (exact) mass is 712 g/mol. The Morgan fingerprint density at radius 2 is 1.59 bits per heavy atom. The summed E-state index contributed by atoms with van der Waals surface area (Å²) in [5, 5.41) is 6.79. The third-order valence-corrected chi connectivity index (χ3v) is 12.0. The van der Waals surface area contributed by atoms with Crippen LogP contribution in [0.3, 0.4) is 0 Å². The van der Waals surface area contributed by atoms with E-state index >= 15 is 0 Å². The average molecular weight is 714 g/mol. The van der Waals surface area contributed by atoms with E-state index in [0.717, 1.165) is 71.8 Å². The van der Waals surface area contributed by atoms with Crippen LogP contribution in [0.4, 0.5) is 15.3 Å². The maximum Gasteiger partial charge on any atom is 0.322 e. The third-order valence-electron chi connectivity index (χ3n) is 10.6. The lowest BCUT2D eigenvalue weighted by molar-refractivity contribution is -0.135. The Morgan fingerprint density at radius 1 is 0.957 bits per heavy atom. The summed E-state index contributed by atoms with van der Waals surface area (Å²) >= 11 is 9.97. The summed E-state index contributed by atoms with van der Waals surface area (Å²) in [7, 11) is 2.20. The molecule has 0 aromatic heterocycles. The van der Waals surface area contributed by atoms with Crippen molar-refractivity contribution in [3.63, 3.8) is 0 Å². The zero-order chi connectivity index (χ0) is 32.4. The number of rotatable bonds is 6. The summed E-state index contributed by atoms with van der Waals surface area (Å²) in [6, 6.07) is 10.9. The standard InChI is InChI=1S/C35H46BrClN6O3/c1-23-19-24(20-29(36)32(23)37)21-31(33(44)41-15-9-26(10-16-41)25-7-13-40(2)14-8-25)39-34(45)42-17-11-28(12-18-42)43-22-27-5-3-4-6-30(27)38-35(43)46/h3-6,19-20,25-26,28,31H,7-18,21-22H2,1-2H3,(H,38,46)(H,39,45). The SMILES string of the molecule is Cc1cc(CC(NC(=O)N2CCC(N3Cc4ccccc4NC3=O)CC2)C(=O)N2CCC(C3CCN(C)CC3)CC2)cc(Br)c1Cl. The topological polar surface area (TPSA) is 88.2 Å². The Labute approximate surface area is 286 Å². The molecule has 4 aliphatic heterocycles. The molecule has 2 aromatic rings. The number of benzene rings is 2. The van der Waals surface area contributed by atoms with E-state index in [2.05, 4.69) is 38.5 Å². The van der Waals surface area contributed by atoms with Crippen molar-refractivity contribution in [1.29, 1.82) is 0 Å². The number of urea groups is 2. The zero-order valence-corrected chi connectivity index (χ0v) is 29.3. The molecule has 6 rings (SSSR count). The van der Waals surface area contributed by atoms with Crippen LogP contribution in [0.15, 0.2) is 40.9 Å². The van der Waals surface area contributed by atoms with Crippen molar-refractivity contribution < 1.29 is 14.4 Å². The number of piperidine rings is 3. The number of fused-ring (bicyclic) bond motifs is 1. The van der Waals surface area contributed by atoms with Gasteiger partial charge in [-0.25, -0.2) is 9.59 Å². The molecule has 0 bridgehead atoms. The van der Waals surface area contributed by atoms with E-state index in [1.165, 1.54) is 12.8 Å². The third kappa shape index (κ3) is 7.50. The van der Waals surface area contributed by atoms with Gasteiger partial charge in [-0.1, -0.05) is 35.9 Å². The van der Waals surface area contributed by atoms with Crippen molar-refractivity contribution in [3.8, 4) is 0 Å². The van der Waals surface area contributed by atoms with E-state index in [9.17, 15) is 14.4 Å². The smallest absolute Gasteiger partial charge is 0.322 e. The fourth-order valence-electron chi connectivity index (χ4n) is 7.80. The Bertz CT molecular complexity index is 1410. The van der Waals surface area contributed by atoms with E-state index < -0.39 is 6.04 Å². The lowest BCUT2D eigenvalue weighted by Crippen LogP contribution is -2.57. The minimum atomic E-state index is -0.679. The fourth-order valence-corrected chi connectivity index (χ4v) is 8.52. The second-order valence-corrected chi connectivity index (χ2v) is 14.9. The van der Waals surface area contributed by atoms with Crippen molar-refractivity contribution in [3.05, 3.63) is 62.6 Å². The first-order chi connectivity index (χ1) is 22.2. The Hall–Kier alpha value is -2.82. The van der Waals surface area contributed by atoms with Gasteiger partial charge in [-0.2, -0.15) is 0 Å². The van der Waals surface area contributed by atoms with Crippen LogP contribution in [0.2, 0.25) is 5.02 Å². The number of hydrogen-bond donors (Lipinski definition) is 2. The van der Waals surface area contributed by atoms with Gasteiger partial charge in [-0.3, -0.25) is 4.79 Å². The minimum absolute atomic E-state index is 0.0163. The molecule has 1 unspecified atom stereocenters. The molecule has 4 aliphatic rings. The quantitative estimate of drug-likeness (QED) is 0.378. The van der Waals surface area contributed by atoms with Crippen LogP contribution in [0.25, 0.3) is 0 Å². The number of para-hydroxylation sites is 1. The van der Waals surface area contributed by atoms with E-state index in [1.807, 2.05) is 53.1 Å². The molecule has 4 heterocycles. The molecule has 2 aromatic carbocycles. The lowest BCUT2D eigenvalue weighted by atomic mass is 9.79. The molecule has 46 heavy (non-hydrogen) atoms. The molecule has 1 atom stereocenters. The van der Waals surface area contributed by atoms with Crippen LogP contribution in [-0.2, 0) is 17.8 Å². The summed E-state index contributed by atoms with van der Waals surface area (Å²) < 4.78 is 0.784. The normalized spacial score (nSPS) is 21.1. The van der Waals surface area contributed by atoms with Crippen LogP contribution >= 0.6 is 27.5 Å². The average Bonchev–Trinajstić information content (AvgIpc) is 3.06. The van der Waals surface area contributed by atoms with Crippen LogP contribution in [-0.4, -0.2) is 96.0 Å². The number of amides is 5. The summed E-state index contributed by atoms with van der Waals surface area (Å²) in [6.45, 7) is 7.35. The van der Waals surface area contributed by atoms with Crippen LogP contribution < -0.4 is 10.6 Å². The molecule has 3 fully saturated rings. The van der Waals surface area contributed by atoms with E-state index in [-0.39, 0.29) is 24.0 Å². The van der Waals surface area contributed by atoms with Crippen molar-refractivity contribution in [1.82, 2.24) is 24.9 Å². The number of carbonyl (C=O) groups is 3. The van der Waals surface area contributed by atoms with Crippen molar-refractivity contribution in [2.75, 3.05) is 51.6 Å². The maximum atomic E-state index is 14.1. The molecular formula is C35H46BrClN6O3. The van der Waals surface area contributed by atoms with Gasteiger partial charge in [-0.05, 0) is 122 Å². The Balaban J connectivity index is 1.09. The highest BCUT2D eigenvalue weighted by molar-refractivity contribution is 9.10. The number of anilines is 1. The molecule has 2 N–H and O–H groups in total. The van der Waals surface area contributed by atoms with Gasteiger partial charge in [0.1, 0.15) is 6.04 Å².